The van der Waals surface area contributed by atoms with Crippen molar-refractivity contribution in [3.8, 4) is 22.9 Å². The largest absolute Gasteiger partial charge is 0.493 e. The van der Waals surface area contributed by atoms with Crippen LogP contribution in [0.5, 0.6) is 11.5 Å². The number of para-hydroxylation sites is 2. The van der Waals surface area contributed by atoms with Gasteiger partial charge in [0.25, 0.3) is 0 Å². The van der Waals surface area contributed by atoms with Gasteiger partial charge in [-0.3, -0.25) is 4.79 Å². The molecule has 0 saturated heterocycles. The molecular weight excluding hydrogens is 354 g/mol. The minimum Gasteiger partial charge on any atom is -0.493 e. The van der Waals surface area contributed by atoms with Gasteiger partial charge >= 0.3 is 0 Å². The van der Waals surface area contributed by atoms with Crippen LogP contribution in [0.3, 0.4) is 0 Å². The lowest BCUT2D eigenvalue weighted by Crippen LogP contribution is -2.35. The maximum Gasteiger partial charge on any atom is 0.240 e. The Balaban J connectivity index is 1.72. The van der Waals surface area contributed by atoms with Gasteiger partial charge in [0.15, 0.2) is 11.5 Å². The van der Waals surface area contributed by atoms with E-state index in [-0.39, 0.29) is 12.5 Å². The Labute approximate surface area is 164 Å². The predicted octanol–water partition coefficient (Wildman–Crippen LogP) is 3.78. The van der Waals surface area contributed by atoms with Crippen LogP contribution in [0.4, 0.5) is 0 Å². The molecule has 28 heavy (non-hydrogen) atoms. The van der Waals surface area contributed by atoms with Gasteiger partial charge in [0.2, 0.25) is 5.91 Å². The monoisotopic (exact) mass is 379 g/mol. The lowest BCUT2D eigenvalue weighted by molar-refractivity contribution is -0.122. The van der Waals surface area contributed by atoms with E-state index in [1.54, 1.807) is 14.2 Å². The van der Waals surface area contributed by atoms with Gasteiger partial charge in [0.1, 0.15) is 12.4 Å². The second-order valence-corrected chi connectivity index (χ2v) is 7.13. The van der Waals surface area contributed by atoms with E-state index in [1.165, 1.54) is 12.8 Å². The highest BCUT2D eigenvalue weighted by Gasteiger charge is 2.20. The summed E-state index contributed by atoms with van der Waals surface area (Å²) in [7, 11) is 3.22. The number of nitrogens with one attached hydrogen (secondary N) is 1. The average molecular weight is 379 g/mol. The van der Waals surface area contributed by atoms with Crippen molar-refractivity contribution in [3.63, 3.8) is 0 Å². The van der Waals surface area contributed by atoms with E-state index in [0.29, 0.717) is 17.5 Å². The number of methoxy groups -OCH3 is 2. The molecule has 0 unspecified atom stereocenters. The molecule has 1 heterocycles. The summed E-state index contributed by atoms with van der Waals surface area (Å²) >= 11 is 0. The summed E-state index contributed by atoms with van der Waals surface area (Å²) in [5, 5.41) is 3.17. The number of nitrogens with zero attached hydrogens (tertiary/aromatic N) is 2. The summed E-state index contributed by atoms with van der Waals surface area (Å²) in [5.74, 6) is 2.06. The highest BCUT2D eigenvalue weighted by Crippen LogP contribution is 2.33. The average Bonchev–Trinajstić information content (AvgIpc) is 3.35. The highest BCUT2D eigenvalue weighted by molar-refractivity contribution is 5.85. The Bertz CT molecular complexity index is 990. The van der Waals surface area contributed by atoms with Gasteiger partial charge in [-0.1, -0.05) is 25.0 Å². The Kier molecular flexibility index (Phi) is 5.19. The zero-order chi connectivity index (χ0) is 19.5. The molecule has 1 saturated carbocycles. The molecule has 0 bridgehead atoms. The lowest BCUT2D eigenvalue weighted by atomic mass is 10.2. The molecule has 1 N–H and O–H groups in total. The van der Waals surface area contributed by atoms with Crippen molar-refractivity contribution in [3.05, 3.63) is 42.5 Å². The molecule has 146 valence electrons. The zero-order valence-electron chi connectivity index (χ0n) is 16.3. The van der Waals surface area contributed by atoms with E-state index in [9.17, 15) is 4.79 Å². The van der Waals surface area contributed by atoms with E-state index in [4.69, 9.17) is 14.5 Å². The van der Waals surface area contributed by atoms with Crippen LogP contribution in [-0.2, 0) is 11.3 Å². The third-order valence-corrected chi connectivity index (χ3v) is 5.32. The molecule has 1 aliphatic rings. The first-order valence-electron chi connectivity index (χ1n) is 9.66. The maximum atomic E-state index is 12.7. The first-order chi connectivity index (χ1) is 13.7. The topological polar surface area (TPSA) is 65.4 Å². The maximum absolute atomic E-state index is 12.7. The number of hydrogen-bond acceptors (Lipinski definition) is 4. The fraction of sp³-hybridized carbons (Fsp3) is 0.364. The van der Waals surface area contributed by atoms with E-state index in [2.05, 4.69) is 5.32 Å². The van der Waals surface area contributed by atoms with Crippen molar-refractivity contribution in [2.75, 3.05) is 14.2 Å². The molecule has 1 amide bonds. The number of amides is 1. The lowest BCUT2D eigenvalue weighted by Gasteiger charge is -2.15. The van der Waals surface area contributed by atoms with Crippen molar-refractivity contribution >= 4 is 16.9 Å². The molecule has 6 nitrogen and oxygen atoms in total. The van der Waals surface area contributed by atoms with Crippen molar-refractivity contribution < 1.29 is 14.3 Å². The zero-order valence-corrected chi connectivity index (χ0v) is 16.3. The quantitative estimate of drug-likeness (QED) is 0.708. The smallest absolute Gasteiger partial charge is 0.240 e. The van der Waals surface area contributed by atoms with Gasteiger partial charge in [-0.15, -0.1) is 0 Å². The molecule has 2 aromatic carbocycles. The number of aromatic nitrogens is 2. The molecule has 6 heteroatoms. The van der Waals surface area contributed by atoms with Crippen LogP contribution >= 0.6 is 0 Å². The molecule has 0 spiro atoms. The third kappa shape index (κ3) is 3.54. The number of benzene rings is 2. The van der Waals surface area contributed by atoms with E-state index >= 15 is 0 Å². The summed E-state index contributed by atoms with van der Waals surface area (Å²) in [4.78, 5) is 17.5. The number of imidazole rings is 1. The Morgan fingerprint density at radius 1 is 1.11 bits per heavy atom. The molecule has 1 aliphatic carbocycles. The van der Waals surface area contributed by atoms with Crippen LogP contribution in [0.15, 0.2) is 42.5 Å². The van der Waals surface area contributed by atoms with E-state index < -0.39 is 0 Å². The SMILES string of the molecule is COc1ccc(-c2nc3ccccc3n2CC(=O)NC2CCCC2)cc1OC. The molecule has 0 aliphatic heterocycles. The van der Waals surface area contributed by atoms with Crippen molar-refractivity contribution in [2.45, 2.75) is 38.3 Å². The van der Waals surface area contributed by atoms with E-state index in [0.717, 1.165) is 35.3 Å². The number of fused-ring (bicyclic) bond motifs is 1. The highest BCUT2D eigenvalue weighted by atomic mass is 16.5. The third-order valence-electron chi connectivity index (χ3n) is 5.32. The number of carbonyl (C=O) groups excluding carboxylic acids is 1. The van der Waals surface area contributed by atoms with Crippen LogP contribution in [0.25, 0.3) is 22.4 Å². The van der Waals surface area contributed by atoms with Gasteiger partial charge in [-0.2, -0.15) is 0 Å². The fourth-order valence-corrected chi connectivity index (χ4v) is 3.92. The van der Waals surface area contributed by atoms with Crippen molar-refractivity contribution in [1.82, 2.24) is 14.9 Å². The molecule has 1 fully saturated rings. The fourth-order valence-electron chi connectivity index (χ4n) is 3.92. The molecule has 1 aromatic heterocycles. The van der Waals surface area contributed by atoms with Crippen LogP contribution < -0.4 is 14.8 Å². The number of ether oxygens (including phenoxy) is 2. The number of rotatable bonds is 6. The predicted molar refractivity (Wildman–Crippen MR) is 109 cm³/mol. The van der Waals surface area contributed by atoms with E-state index in [1.807, 2.05) is 47.0 Å². The molecular formula is C22H25N3O3. The minimum atomic E-state index is 0.0248. The molecule has 0 atom stereocenters. The first kappa shape index (κ1) is 18.3. The van der Waals surface area contributed by atoms with Crippen LogP contribution in [0, 0.1) is 0 Å². The molecule has 0 radical (unpaired) electrons. The summed E-state index contributed by atoms with van der Waals surface area (Å²) in [5.41, 5.74) is 2.68. The number of hydrogen-bond donors (Lipinski definition) is 1. The summed E-state index contributed by atoms with van der Waals surface area (Å²) in [6, 6.07) is 13.9. The Morgan fingerprint density at radius 2 is 1.86 bits per heavy atom. The van der Waals surface area contributed by atoms with Crippen LogP contribution in [-0.4, -0.2) is 35.7 Å². The van der Waals surface area contributed by atoms with Crippen LogP contribution in [0.2, 0.25) is 0 Å². The second kappa shape index (κ2) is 7.92. The number of carbonyl (C=O) groups is 1. The van der Waals surface area contributed by atoms with Crippen molar-refractivity contribution in [2.24, 2.45) is 0 Å². The van der Waals surface area contributed by atoms with Gasteiger partial charge in [0, 0.05) is 11.6 Å². The van der Waals surface area contributed by atoms with Gasteiger partial charge in [-0.25, -0.2) is 4.98 Å². The normalized spacial score (nSPS) is 14.4. The molecule has 4 rings (SSSR count). The summed E-state index contributed by atoms with van der Waals surface area (Å²) in [6.07, 6.45) is 4.52. The molecule has 3 aromatic rings. The van der Waals surface area contributed by atoms with Gasteiger partial charge < -0.3 is 19.4 Å². The minimum absolute atomic E-state index is 0.0248. The van der Waals surface area contributed by atoms with Gasteiger partial charge in [-0.05, 0) is 43.2 Å². The summed E-state index contributed by atoms with van der Waals surface area (Å²) < 4.78 is 12.8. The summed E-state index contributed by atoms with van der Waals surface area (Å²) in [6.45, 7) is 0.237. The van der Waals surface area contributed by atoms with Crippen molar-refractivity contribution in [1.29, 1.82) is 0 Å². The Morgan fingerprint density at radius 3 is 2.61 bits per heavy atom. The van der Waals surface area contributed by atoms with Gasteiger partial charge in [0.05, 0.1) is 25.3 Å². The van der Waals surface area contributed by atoms with Crippen LogP contribution in [0.1, 0.15) is 25.7 Å². The standard InChI is InChI=1S/C22H25N3O3/c1-27-19-12-11-15(13-20(19)28-2)22-24-17-9-5-6-10-18(17)25(22)14-21(26)23-16-7-3-4-8-16/h5-6,9-13,16H,3-4,7-8,14H2,1-2H3,(H,23,26). The second-order valence-electron chi connectivity index (χ2n) is 7.13. The Hall–Kier alpha value is -3.02. The first-order valence-corrected chi connectivity index (χ1v) is 9.66.